The second-order valence-corrected chi connectivity index (χ2v) is 8.72. The van der Waals surface area contributed by atoms with Crippen LogP contribution in [-0.4, -0.2) is 65.4 Å². The van der Waals surface area contributed by atoms with E-state index in [-0.39, 0.29) is 0 Å². The smallest absolute Gasteiger partial charge is 0.228 e. The van der Waals surface area contributed by atoms with E-state index in [1.807, 2.05) is 6.07 Å². The van der Waals surface area contributed by atoms with Gasteiger partial charge in [-0.05, 0) is 37.7 Å². The third-order valence-corrected chi connectivity index (χ3v) is 6.02. The Morgan fingerprint density at radius 2 is 1.97 bits per heavy atom. The van der Waals surface area contributed by atoms with Gasteiger partial charge < -0.3 is 19.8 Å². The summed E-state index contributed by atoms with van der Waals surface area (Å²) in [6.07, 6.45) is 1.72. The van der Waals surface area contributed by atoms with Crippen LogP contribution in [0.2, 0.25) is 5.15 Å². The molecule has 9 heteroatoms. The van der Waals surface area contributed by atoms with E-state index < -0.39 is 0 Å². The molecular formula is C21H26ClN7S. The Labute approximate surface area is 186 Å². The Hall–Kier alpha value is -2.29. The molecule has 1 aliphatic rings. The van der Waals surface area contributed by atoms with Gasteiger partial charge in [0.05, 0.1) is 11.7 Å². The largest absolute Gasteiger partial charge is 0.368 e. The molecule has 0 aliphatic carbocycles. The molecule has 7 nitrogen and oxygen atoms in total. The van der Waals surface area contributed by atoms with Gasteiger partial charge in [0, 0.05) is 49.6 Å². The summed E-state index contributed by atoms with van der Waals surface area (Å²) in [4.78, 5) is 18.3. The summed E-state index contributed by atoms with van der Waals surface area (Å²) in [7, 11) is 2.14. The van der Waals surface area contributed by atoms with Crippen molar-refractivity contribution in [3.63, 3.8) is 0 Å². The van der Waals surface area contributed by atoms with E-state index in [0.29, 0.717) is 5.15 Å². The molecule has 1 saturated heterocycles. The lowest BCUT2D eigenvalue weighted by Crippen LogP contribution is -2.45. The van der Waals surface area contributed by atoms with Crippen LogP contribution < -0.4 is 14.9 Å². The summed E-state index contributed by atoms with van der Waals surface area (Å²) in [5, 5.41) is 4.80. The van der Waals surface area contributed by atoms with Crippen molar-refractivity contribution in [3.05, 3.63) is 47.2 Å². The van der Waals surface area contributed by atoms with Crippen molar-refractivity contribution in [2.24, 2.45) is 0 Å². The fourth-order valence-corrected chi connectivity index (χ4v) is 4.10. The fraction of sp³-hybridized carbons (Fsp3) is 0.381. The number of nitrogens with zero attached hydrogens (tertiary/aromatic N) is 5. The number of halogens is 1. The van der Waals surface area contributed by atoms with Gasteiger partial charge in [-0.15, -0.1) is 0 Å². The summed E-state index contributed by atoms with van der Waals surface area (Å²) < 4.78 is 3.39. The SMILES string of the molecule is Cc1cccc(NSCCNc2nc(N3CCN(C)CC3)nc3cnc(Cl)cc23)c1. The van der Waals surface area contributed by atoms with E-state index in [2.05, 4.69) is 63.1 Å². The number of fused-ring (bicyclic) bond motifs is 1. The van der Waals surface area contributed by atoms with Gasteiger partial charge >= 0.3 is 0 Å². The number of hydrogen-bond donors (Lipinski definition) is 2. The van der Waals surface area contributed by atoms with Crippen molar-refractivity contribution in [1.82, 2.24) is 19.9 Å². The van der Waals surface area contributed by atoms with E-state index in [0.717, 1.165) is 66.8 Å². The average Bonchev–Trinajstić information content (AvgIpc) is 2.74. The van der Waals surface area contributed by atoms with Gasteiger partial charge in [-0.25, -0.2) is 9.97 Å². The Kier molecular flexibility index (Phi) is 6.76. The van der Waals surface area contributed by atoms with Gasteiger partial charge in [0.2, 0.25) is 5.95 Å². The summed E-state index contributed by atoms with van der Waals surface area (Å²) >= 11 is 7.80. The first-order chi connectivity index (χ1) is 14.6. The molecule has 4 rings (SSSR count). The Morgan fingerprint density at radius 3 is 2.77 bits per heavy atom. The van der Waals surface area contributed by atoms with Crippen molar-refractivity contribution < 1.29 is 0 Å². The van der Waals surface area contributed by atoms with Gasteiger partial charge in [-0.2, -0.15) is 4.98 Å². The molecule has 1 aromatic carbocycles. The number of rotatable bonds is 7. The van der Waals surface area contributed by atoms with Gasteiger partial charge in [-0.1, -0.05) is 35.7 Å². The van der Waals surface area contributed by atoms with E-state index in [4.69, 9.17) is 21.6 Å². The average molecular weight is 444 g/mol. The second kappa shape index (κ2) is 9.68. The maximum absolute atomic E-state index is 6.14. The molecule has 0 saturated carbocycles. The van der Waals surface area contributed by atoms with Crippen LogP contribution >= 0.6 is 23.5 Å². The highest BCUT2D eigenvalue weighted by Gasteiger charge is 2.18. The highest BCUT2D eigenvalue weighted by atomic mass is 35.5. The Balaban J connectivity index is 1.44. The van der Waals surface area contributed by atoms with Crippen LogP contribution in [-0.2, 0) is 0 Å². The molecule has 0 spiro atoms. The highest BCUT2D eigenvalue weighted by molar-refractivity contribution is 8.00. The summed E-state index contributed by atoms with van der Waals surface area (Å²) in [5.41, 5.74) is 3.16. The van der Waals surface area contributed by atoms with Crippen LogP contribution in [0.1, 0.15) is 5.56 Å². The minimum atomic E-state index is 0.442. The quantitative estimate of drug-likeness (QED) is 0.323. The summed E-state index contributed by atoms with van der Waals surface area (Å²) in [5.74, 6) is 2.42. The minimum absolute atomic E-state index is 0.442. The zero-order valence-corrected chi connectivity index (χ0v) is 18.8. The van der Waals surface area contributed by atoms with Gasteiger partial charge in [-0.3, -0.25) is 0 Å². The molecular weight excluding hydrogens is 418 g/mol. The number of nitrogens with one attached hydrogen (secondary N) is 2. The number of benzene rings is 1. The fourth-order valence-electron chi connectivity index (χ4n) is 3.34. The van der Waals surface area contributed by atoms with Crippen molar-refractivity contribution in [1.29, 1.82) is 0 Å². The molecule has 30 heavy (non-hydrogen) atoms. The lowest BCUT2D eigenvalue weighted by molar-refractivity contribution is 0.311. The molecule has 1 aliphatic heterocycles. The number of aryl methyl sites for hydroxylation is 1. The first-order valence-electron chi connectivity index (χ1n) is 10.0. The van der Waals surface area contributed by atoms with Crippen molar-refractivity contribution in [2.75, 3.05) is 60.5 Å². The van der Waals surface area contributed by atoms with Gasteiger partial charge in [0.25, 0.3) is 0 Å². The van der Waals surface area contributed by atoms with Crippen molar-refractivity contribution in [3.8, 4) is 0 Å². The van der Waals surface area contributed by atoms with Crippen LogP contribution in [0.25, 0.3) is 10.9 Å². The zero-order valence-electron chi connectivity index (χ0n) is 17.2. The summed E-state index contributed by atoms with van der Waals surface area (Å²) in [6, 6.07) is 10.2. The molecule has 0 bridgehead atoms. The lowest BCUT2D eigenvalue weighted by Gasteiger charge is -2.32. The number of aromatic nitrogens is 3. The molecule has 3 aromatic rings. The van der Waals surface area contributed by atoms with Crippen LogP contribution in [0.15, 0.2) is 36.5 Å². The van der Waals surface area contributed by atoms with E-state index in [1.165, 1.54) is 5.56 Å². The standard InChI is InChI=1S/C21H26ClN7S/c1-15-4-3-5-16(12-15)27-30-11-6-23-20-17-13-19(22)24-14-18(17)25-21(26-20)29-9-7-28(2)8-10-29/h3-5,12-14,27H,6-11H2,1-2H3,(H,23,25,26). The Bertz CT molecular complexity index is 1010. The van der Waals surface area contributed by atoms with Crippen LogP contribution in [0.5, 0.6) is 0 Å². The first kappa shape index (κ1) is 21.0. The number of likely N-dealkylation sites (N-methyl/N-ethyl adjacent to an activating group) is 1. The third kappa shape index (κ3) is 5.24. The topological polar surface area (TPSA) is 69.2 Å². The van der Waals surface area contributed by atoms with Crippen LogP contribution in [0.4, 0.5) is 17.5 Å². The third-order valence-electron chi connectivity index (χ3n) is 5.03. The number of pyridine rings is 1. The monoisotopic (exact) mass is 443 g/mol. The molecule has 0 radical (unpaired) electrons. The van der Waals surface area contributed by atoms with E-state index in [1.54, 1.807) is 18.1 Å². The molecule has 3 heterocycles. The maximum Gasteiger partial charge on any atom is 0.228 e. The predicted molar refractivity (Wildman–Crippen MR) is 128 cm³/mol. The van der Waals surface area contributed by atoms with Crippen molar-refractivity contribution in [2.45, 2.75) is 6.92 Å². The molecule has 0 unspecified atom stereocenters. The second-order valence-electron chi connectivity index (χ2n) is 7.43. The normalized spacial score (nSPS) is 14.8. The molecule has 2 aromatic heterocycles. The van der Waals surface area contributed by atoms with E-state index in [9.17, 15) is 0 Å². The highest BCUT2D eigenvalue weighted by Crippen LogP contribution is 2.26. The first-order valence-corrected chi connectivity index (χ1v) is 11.4. The van der Waals surface area contributed by atoms with Crippen molar-refractivity contribution >= 4 is 51.9 Å². The molecule has 0 atom stereocenters. The zero-order chi connectivity index (χ0) is 20.9. The lowest BCUT2D eigenvalue weighted by atomic mass is 10.2. The number of piperazine rings is 1. The number of anilines is 3. The number of hydrogen-bond acceptors (Lipinski definition) is 8. The Morgan fingerprint density at radius 1 is 1.13 bits per heavy atom. The molecule has 2 N–H and O–H groups in total. The minimum Gasteiger partial charge on any atom is -0.368 e. The molecule has 1 fully saturated rings. The predicted octanol–water partition coefficient (Wildman–Crippen LogP) is 3.91. The van der Waals surface area contributed by atoms with Crippen LogP contribution in [0, 0.1) is 6.92 Å². The van der Waals surface area contributed by atoms with E-state index >= 15 is 0 Å². The molecule has 0 amide bonds. The van der Waals surface area contributed by atoms with Gasteiger partial charge in [0.15, 0.2) is 0 Å². The molecule has 158 valence electrons. The summed E-state index contributed by atoms with van der Waals surface area (Å²) in [6.45, 7) is 6.69. The maximum atomic E-state index is 6.14. The van der Waals surface area contributed by atoms with Gasteiger partial charge in [0.1, 0.15) is 11.0 Å². The van der Waals surface area contributed by atoms with Crippen LogP contribution in [0.3, 0.4) is 0 Å².